The first-order valence-electron chi connectivity index (χ1n) is 8.53. The van der Waals surface area contributed by atoms with Crippen LogP contribution in [0.2, 0.25) is 0 Å². The van der Waals surface area contributed by atoms with Crippen molar-refractivity contribution in [1.82, 2.24) is 9.78 Å². The molecule has 4 nitrogen and oxygen atoms in total. The number of hydrogen-bond acceptors (Lipinski definition) is 2. The zero-order valence-corrected chi connectivity index (χ0v) is 15.2. The summed E-state index contributed by atoms with van der Waals surface area (Å²) in [6, 6.07) is 17.5. The quantitative estimate of drug-likeness (QED) is 0.753. The van der Waals surface area contributed by atoms with E-state index in [2.05, 4.69) is 31.2 Å². The van der Waals surface area contributed by atoms with E-state index in [0.717, 1.165) is 16.9 Å². The number of halogens is 1. The number of aromatic nitrogens is 2. The molecule has 134 valence electrons. The number of nitrogens with zero attached hydrogens (tertiary/aromatic N) is 2. The molecule has 26 heavy (non-hydrogen) atoms. The minimum Gasteiger partial charge on any atom is -0.310 e. The summed E-state index contributed by atoms with van der Waals surface area (Å²) in [4.78, 5) is 12.5. The molecule has 0 aliphatic heterocycles. The third-order valence-electron chi connectivity index (χ3n) is 4.02. The first-order valence-corrected chi connectivity index (χ1v) is 8.53. The van der Waals surface area contributed by atoms with E-state index >= 15 is 0 Å². The molecule has 0 saturated heterocycles. The minimum absolute atomic E-state index is 0.142. The average Bonchev–Trinajstić information content (AvgIpc) is 3.02. The van der Waals surface area contributed by atoms with Gasteiger partial charge >= 0.3 is 0 Å². The van der Waals surface area contributed by atoms with Crippen LogP contribution < -0.4 is 5.32 Å². The van der Waals surface area contributed by atoms with Crippen LogP contribution in [0.5, 0.6) is 0 Å². The van der Waals surface area contributed by atoms with Crippen LogP contribution in [-0.4, -0.2) is 15.7 Å². The molecule has 5 heteroatoms. The molecular formula is C21H22FN3O. The Morgan fingerprint density at radius 3 is 2.35 bits per heavy atom. The van der Waals surface area contributed by atoms with Crippen LogP contribution in [0, 0.1) is 5.82 Å². The van der Waals surface area contributed by atoms with Gasteiger partial charge < -0.3 is 5.32 Å². The molecular weight excluding hydrogens is 329 g/mol. The highest BCUT2D eigenvalue weighted by Crippen LogP contribution is 2.26. The molecule has 0 atom stereocenters. The highest BCUT2D eigenvalue weighted by molar-refractivity contribution is 5.91. The van der Waals surface area contributed by atoms with Gasteiger partial charge in [0.15, 0.2) is 0 Å². The van der Waals surface area contributed by atoms with E-state index in [-0.39, 0.29) is 23.6 Å². The van der Waals surface area contributed by atoms with Gasteiger partial charge in [-0.3, -0.25) is 4.79 Å². The molecule has 2 aromatic carbocycles. The molecule has 0 aliphatic carbocycles. The van der Waals surface area contributed by atoms with Crippen LogP contribution in [0.3, 0.4) is 0 Å². The molecule has 1 aromatic heterocycles. The lowest BCUT2D eigenvalue weighted by molar-refractivity contribution is -0.115. The van der Waals surface area contributed by atoms with Gasteiger partial charge in [0, 0.05) is 11.5 Å². The Morgan fingerprint density at radius 1 is 1.08 bits per heavy atom. The number of hydrogen-bond donors (Lipinski definition) is 1. The fraction of sp³-hybridized carbons (Fsp3) is 0.238. The standard InChI is InChI=1S/C21H22FN3O/c1-21(2,3)18-14-19(25(24-18)17-7-5-4-6-8-17)23-20(26)13-15-9-11-16(22)12-10-15/h4-12,14H,13H2,1-3H3,(H,23,26). The number of carbonyl (C=O) groups excluding carboxylic acids is 1. The Kier molecular flexibility index (Phi) is 4.89. The second-order valence-corrected chi connectivity index (χ2v) is 7.26. The van der Waals surface area contributed by atoms with Gasteiger partial charge in [-0.15, -0.1) is 0 Å². The summed E-state index contributed by atoms with van der Waals surface area (Å²) >= 11 is 0. The number of carbonyl (C=O) groups is 1. The van der Waals surface area contributed by atoms with E-state index in [4.69, 9.17) is 0 Å². The third kappa shape index (κ3) is 4.17. The normalized spacial score (nSPS) is 11.4. The molecule has 0 fully saturated rings. The van der Waals surface area contributed by atoms with Crippen molar-refractivity contribution >= 4 is 11.7 Å². The van der Waals surface area contributed by atoms with Gasteiger partial charge in [0.05, 0.1) is 17.8 Å². The second kappa shape index (κ2) is 7.12. The van der Waals surface area contributed by atoms with Gasteiger partial charge in [0.2, 0.25) is 5.91 Å². The molecule has 0 saturated carbocycles. The first-order chi connectivity index (χ1) is 12.3. The van der Waals surface area contributed by atoms with Crippen LogP contribution in [0.4, 0.5) is 10.2 Å². The van der Waals surface area contributed by atoms with E-state index in [0.29, 0.717) is 5.82 Å². The summed E-state index contributed by atoms with van der Waals surface area (Å²) in [5, 5.41) is 7.61. The van der Waals surface area contributed by atoms with E-state index in [1.54, 1.807) is 16.8 Å². The molecule has 0 unspecified atom stereocenters. The smallest absolute Gasteiger partial charge is 0.229 e. The van der Waals surface area contributed by atoms with Gasteiger partial charge in [-0.1, -0.05) is 51.1 Å². The molecule has 0 radical (unpaired) electrons. The monoisotopic (exact) mass is 351 g/mol. The van der Waals surface area contributed by atoms with Gasteiger partial charge in [-0.2, -0.15) is 5.10 Å². The zero-order valence-electron chi connectivity index (χ0n) is 15.2. The lowest BCUT2D eigenvalue weighted by Crippen LogP contribution is -2.17. The lowest BCUT2D eigenvalue weighted by Gasteiger charge is -2.14. The average molecular weight is 351 g/mol. The van der Waals surface area contributed by atoms with Crippen molar-refractivity contribution in [3.05, 3.63) is 77.7 Å². The van der Waals surface area contributed by atoms with E-state index in [1.165, 1.54) is 12.1 Å². The van der Waals surface area contributed by atoms with E-state index < -0.39 is 0 Å². The third-order valence-corrected chi connectivity index (χ3v) is 4.02. The SMILES string of the molecule is CC(C)(C)c1cc(NC(=O)Cc2ccc(F)cc2)n(-c2ccccc2)n1. The number of nitrogens with one attached hydrogen (secondary N) is 1. The summed E-state index contributed by atoms with van der Waals surface area (Å²) in [6.45, 7) is 6.23. The molecule has 1 heterocycles. The van der Waals surface area contributed by atoms with Gasteiger partial charge in [-0.25, -0.2) is 9.07 Å². The van der Waals surface area contributed by atoms with E-state index in [1.807, 2.05) is 36.4 Å². The van der Waals surface area contributed by atoms with Crippen molar-refractivity contribution in [1.29, 1.82) is 0 Å². The maximum atomic E-state index is 13.0. The summed E-state index contributed by atoms with van der Waals surface area (Å²) in [5.74, 6) is 0.133. The molecule has 0 aliphatic rings. The maximum Gasteiger partial charge on any atom is 0.229 e. The maximum absolute atomic E-state index is 13.0. The van der Waals surface area contributed by atoms with Crippen LogP contribution in [0.15, 0.2) is 60.7 Å². The summed E-state index contributed by atoms with van der Waals surface area (Å²) < 4.78 is 14.8. The highest BCUT2D eigenvalue weighted by atomic mass is 19.1. The van der Waals surface area contributed by atoms with Gasteiger partial charge in [0.1, 0.15) is 11.6 Å². The Morgan fingerprint density at radius 2 is 1.73 bits per heavy atom. The number of rotatable bonds is 4. The van der Waals surface area contributed by atoms with Crippen molar-refractivity contribution in [2.75, 3.05) is 5.32 Å². The van der Waals surface area contributed by atoms with Gasteiger partial charge in [-0.05, 0) is 29.8 Å². The predicted octanol–water partition coefficient (Wildman–Crippen LogP) is 4.49. The molecule has 3 rings (SSSR count). The fourth-order valence-corrected chi connectivity index (χ4v) is 2.58. The van der Waals surface area contributed by atoms with Crippen molar-refractivity contribution < 1.29 is 9.18 Å². The van der Waals surface area contributed by atoms with Crippen molar-refractivity contribution in [3.63, 3.8) is 0 Å². The van der Waals surface area contributed by atoms with Crippen LogP contribution in [-0.2, 0) is 16.6 Å². The highest BCUT2D eigenvalue weighted by Gasteiger charge is 2.21. The largest absolute Gasteiger partial charge is 0.310 e. The minimum atomic E-state index is -0.314. The second-order valence-electron chi connectivity index (χ2n) is 7.26. The van der Waals surface area contributed by atoms with E-state index in [9.17, 15) is 9.18 Å². The molecule has 1 N–H and O–H groups in total. The molecule has 1 amide bonds. The topological polar surface area (TPSA) is 46.9 Å². The van der Waals surface area contributed by atoms with Crippen molar-refractivity contribution in [2.45, 2.75) is 32.6 Å². The number of amides is 1. The van der Waals surface area contributed by atoms with Gasteiger partial charge in [0.25, 0.3) is 0 Å². The predicted molar refractivity (Wildman–Crippen MR) is 101 cm³/mol. The molecule has 0 bridgehead atoms. The summed E-state index contributed by atoms with van der Waals surface area (Å²) in [7, 11) is 0. The Hall–Kier alpha value is -2.95. The molecule has 0 spiro atoms. The lowest BCUT2D eigenvalue weighted by atomic mass is 9.92. The van der Waals surface area contributed by atoms with Crippen molar-refractivity contribution in [3.8, 4) is 5.69 Å². The number of para-hydroxylation sites is 1. The Labute approximate surface area is 152 Å². The van der Waals surface area contributed by atoms with Crippen LogP contribution in [0.1, 0.15) is 32.0 Å². The summed E-state index contributed by atoms with van der Waals surface area (Å²) in [6.07, 6.45) is 0.172. The van der Waals surface area contributed by atoms with Crippen molar-refractivity contribution in [2.24, 2.45) is 0 Å². The Bertz CT molecular complexity index is 893. The van der Waals surface area contributed by atoms with Crippen LogP contribution >= 0.6 is 0 Å². The Balaban J connectivity index is 1.87. The number of anilines is 1. The fourth-order valence-electron chi connectivity index (χ4n) is 2.58. The number of benzene rings is 2. The molecule has 3 aromatic rings. The summed E-state index contributed by atoms with van der Waals surface area (Å²) in [5.41, 5.74) is 2.38. The van der Waals surface area contributed by atoms with Crippen LogP contribution in [0.25, 0.3) is 5.69 Å². The zero-order chi connectivity index (χ0) is 18.7. The first kappa shape index (κ1) is 17.9.